The van der Waals surface area contributed by atoms with E-state index in [1.165, 1.54) is 0 Å². The molecule has 1 heterocycles. The monoisotopic (exact) mass is 294 g/mol. The highest BCUT2D eigenvalue weighted by Crippen LogP contribution is 2.26. The fourth-order valence-corrected chi connectivity index (χ4v) is 2.47. The fourth-order valence-electron chi connectivity index (χ4n) is 2.20. The smallest absolute Gasteiger partial charge is 0.101 e. The molecule has 0 aliphatic heterocycles. The van der Waals surface area contributed by atoms with Crippen LogP contribution in [-0.4, -0.2) is 28.6 Å². The van der Waals surface area contributed by atoms with Crippen molar-refractivity contribution in [2.45, 2.75) is 26.0 Å². The number of methoxy groups -OCH3 is 1. The zero-order valence-corrected chi connectivity index (χ0v) is 12.5. The molecule has 1 unspecified atom stereocenters. The van der Waals surface area contributed by atoms with Gasteiger partial charge in [-0.2, -0.15) is 5.10 Å². The molecule has 2 aromatic rings. The molecule has 0 saturated heterocycles. The van der Waals surface area contributed by atoms with Gasteiger partial charge in [0.1, 0.15) is 6.10 Å². The molecular weight excluding hydrogens is 276 g/mol. The van der Waals surface area contributed by atoms with Gasteiger partial charge in [-0.1, -0.05) is 35.9 Å². The molecule has 4 nitrogen and oxygen atoms in total. The topological polar surface area (TPSA) is 47.3 Å². The first-order chi connectivity index (χ1) is 9.63. The van der Waals surface area contributed by atoms with Gasteiger partial charge in [0.2, 0.25) is 0 Å². The van der Waals surface area contributed by atoms with Crippen LogP contribution >= 0.6 is 11.6 Å². The number of aromatic nitrogens is 2. The highest BCUT2D eigenvalue weighted by Gasteiger charge is 2.19. The number of ether oxygens (including phenoxy) is 1. The Kier molecular flexibility index (Phi) is 5.17. The van der Waals surface area contributed by atoms with Crippen LogP contribution in [0.1, 0.15) is 22.9 Å². The van der Waals surface area contributed by atoms with Gasteiger partial charge >= 0.3 is 0 Å². The molecule has 0 amide bonds. The largest absolute Gasteiger partial charge is 0.386 e. The van der Waals surface area contributed by atoms with E-state index in [1.54, 1.807) is 18.0 Å². The third-order valence-corrected chi connectivity index (χ3v) is 3.62. The summed E-state index contributed by atoms with van der Waals surface area (Å²) < 4.78 is 6.74. The predicted octanol–water partition coefficient (Wildman–Crippen LogP) is 2.77. The zero-order valence-electron chi connectivity index (χ0n) is 11.7. The standard InChI is InChI=1S/C15H19ClN2O2/c1-11-5-3-4-6-12(11)9-14(19)15-13(16)10-17-18(15)7-8-20-2/h3-6,10,14,19H,7-9H2,1-2H3. The number of hydrogen-bond acceptors (Lipinski definition) is 3. The number of rotatable bonds is 6. The van der Waals surface area contributed by atoms with Gasteiger partial charge in [0.05, 0.1) is 30.1 Å². The van der Waals surface area contributed by atoms with Crippen LogP contribution in [0, 0.1) is 6.92 Å². The minimum Gasteiger partial charge on any atom is -0.386 e. The van der Waals surface area contributed by atoms with Crippen molar-refractivity contribution in [3.8, 4) is 0 Å². The van der Waals surface area contributed by atoms with Gasteiger partial charge in [0.15, 0.2) is 0 Å². The lowest BCUT2D eigenvalue weighted by atomic mass is 10.0. The molecule has 0 spiro atoms. The summed E-state index contributed by atoms with van der Waals surface area (Å²) in [6, 6.07) is 8.01. The van der Waals surface area contributed by atoms with Gasteiger partial charge in [0, 0.05) is 13.5 Å². The van der Waals surface area contributed by atoms with E-state index in [2.05, 4.69) is 5.10 Å². The Morgan fingerprint density at radius 2 is 2.15 bits per heavy atom. The highest BCUT2D eigenvalue weighted by atomic mass is 35.5. The molecule has 0 saturated carbocycles. The van der Waals surface area contributed by atoms with E-state index in [-0.39, 0.29) is 0 Å². The molecule has 0 aliphatic rings. The molecule has 1 N–H and O–H groups in total. The Morgan fingerprint density at radius 1 is 1.40 bits per heavy atom. The van der Waals surface area contributed by atoms with Gasteiger partial charge in [-0.25, -0.2) is 0 Å². The molecule has 20 heavy (non-hydrogen) atoms. The average molecular weight is 295 g/mol. The predicted molar refractivity (Wildman–Crippen MR) is 79.0 cm³/mol. The van der Waals surface area contributed by atoms with Crippen molar-refractivity contribution in [3.05, 3.63) is 52.3 Å². The molecule has 108 valence electrons. The normalized spacial score (nSPS) is 12.6. The van der Waals surface area contributed by atoms with Gasteiger partial charge in [-0.05, 0) is 18.1 Å². The van der Waals surface area contributed by atoms with E-state index in [9.17, 15) is 5.11 Å². The van der Waals surface area contributed by atoms with Crippen molar-refractivity contribution < 1.29 is 9.84 Å². The summed E-state index contributed by atoms with van der Waals surface area (Å²) in [6.45, 7) is 3.14. The van der Waals surface area contributed by atoms with Crippen molar-refractivity contribution in [2.75, 3.05) is 13.7 Å². The number of aliphatic hydroxyl groups is 1. The van der Waals surface area contributed by atoms with Crippen LogP contribution in [0.25, 0.3) is 0 Å². The summed E-state index contributed by atoms with van der Waals surface area (Å²) in [7, 11) is 1.63. The summed E-state index contributed by atoms with van der Waals surface area (Å²) in [6.07, 6.45) is 1.40. The molecule has 0 radical (unpaired) electrons. The zero-order chi connectivity index (χ0) is 14.5. The minimum absolute atomic E-state index is 0.488. The number of halogens is 1. The second-order valence-corrected chi connectivity index (χ2v) is 5.15. The first-order valence-corrected chi connectivity index (χ1v) is 6.94. The molecule has 0 aliphatic carbocycles. The molecule has 2 rings (SSSR count). The molecule has 1 aromatic heterocycles. The average Bonchev–Trinajstić information content (AvgIpc) is 2.80. The van der Waals surface area contributed by atoms with E-state index in [1.807, 2.05) is 31.2 Å². The van der Waals surface area contributed by atoms with Crippen molar-refractivity contribution in [3.63, 3.8) is 0 Å². The highest BCUT2D eigenvalue weighted by molar-refractivity contribution is 6.31. The van der Waals surface area contributed by atoms with Crippen molar-refractivity contribution in [1.82, 2.24) is 9.78 Å². The summed E-state index contributed by atoms with van der Waals surface area (Å²) in [5.41, 5.74) is 2.91. The Hall–Kier alpha value is -1.36. The fraction of sp³-hybridized carbons (Fsp3) is 0.400. The van der Waals surface area contributed by atoms with Crippen LogP contribution in [0.15, 0.2) is 30.5 Å². The minimum atomic E-state index is -0.678. The van der Waals surface area contributed by atoms with Crippen LogP contribution in [0.4, 0.5) is 0 Å². The van der Waals surface area contributed by atoms with Crippen molar-refractivity contribution in [1.29, 1.82) is 0 Å². The maximum absolute atomic E-state index is 10.5. The molecule has 0 fully saturated rings. The second-order valence-electron chi connectivity index (χ2n) is 4.74. The van der Waals surface area contributed by atoms with Gasteiger partial charge in [-0.15, -0.1) is 0 Å². The molecule has 1 atom stereocenters. The van der Waals surface area contributed by atoms with Gasteiger partial charge in [0.25, 0.3) is 0 Å². The third-order valence-electron chi connectivity index (χ3n) is 3.33. The molecule has 5 heteroatoms. The lowest BCUT2D eigenvalue weighted by Crippen LogP contribution is -2.14. The first kappa shape index (κ1) is 15.0. The van der Waals surface area contributed by atoms with Crippen molar-refractivity contribution >= 4 is 11.6 Å². The molecule has 0 bridgehead atoms. The number of nitrogens with zero attached hydrogens (tertiary/aromatic N) is 2. The second kappa shape index (κ2) is 6.88. The Bertz CT molecular complexity index is 569. The van der Waals surface area contributed by atoms with Crippen LogP contribution in [0.3, 0.4) is 0 Å². The van der Waals surface area contributed by atoms with E-state index < -0.39 is 6.10 Å². The van der Waals surface area contributed by atoms with E-state index in [0.29, 0.717) is 30.3 Å². The SMILES string of the molecule is COCCn1ncc(Cl)c1C(O)Cc1ccccc1C. The van der Waals surface area contributed by atoms with Crippen molar-refractivity contribution in [2.24, 2.45) is 0 Å². The van der Waals surface area contributed by atoms with Crippen LogP contribution < -0.4 is 0 Å². The maximum atomic E-state index is 10.5. The lowest BCUT2D eigenvalue weighted by molar-refractivity contribution is 0.153. The van der Waals surface area contributed by atoms with E-state index >= 15 is 0 Å². The Labute approximate surface area is 123 Å². The van der Waals surface area contributed by atoms with Crippen LogP contribution in [0.5, 0.6) is 0 Å². The first-order valence-electron chi connectivity index (χ1n) is 6.56. The number of hydrogen-bond donors (Lipinski definition) is 1. The van der Waals surface area contributed by atoms with Crippen LogP contribution in [-0.2, 0) is 17.7 Å². The number of aryl methyl sites for hydroxylation is 1. The maximum Gasteiger partial charge on any atom is 0.101 e. The van der Waals surface area contributed by atoms with Crippen LogP contribution in [0.2, 0.25) is 5.02 Å². The molecular formula is C15H19ClN2O2. The van der Waals surface area contributed by atoms with E-state index in [4.69, 9.17) is 16.3 Å². The van der Waals surface area contributed by atoms with E-state index in [0.717, 1.165) is 11.1 Å². The Balaban J connectivity index is 2.18. The van der Waals surface area contributed by atoms with Gasteiger partial charge < -0.3 is 9.84 Å². The summed E-state index contributed by atoms with van der Waals surface area (Å²) in [5, 5.41) is 15.1. The molecule has 1 aromatic carbocycles. The summed E-state index contributed by atoms with van der Waals surface area (Å²) >= 11 is 6.14. The number of aliphatic hydroxyl groups excluding tert-OH is 1. The lowest BCUT2D eigenvalue weighted by Gasteiger charge is -2.15. The number of benzene rings is 1. The quantitative estimate of drug-likeness (QED) is 0.891. The summed E-state index contributed by atoms with van der Waals surface area (Å²) in [5.74, 6) is 0. The van der Waals surface area contributed by atoms with Gasteiger partial charge in [-0.3, -0.25) is 4.68 Å². The Morgan fingerprint density at radius 3 is 2.85 bits per heavy atom. The summed E-state index contributed by atoms with van der Waals surface area (Å²) in [4.78, 5) is 0. The third kappa shape index (κ3) is 3.39.